The molecule has 2 rings (SSSR count). The molecule has 0 aliphatic rings. The van der Waals surface area contributed by atoms with Crippen molar-refractivity contribution >= 4 is 17.1 Å². The Hall–Kier alpha value is -2.24. The Labute approximate surface area is 77.3 Å². The summed E-state index contributed by atoms with van der Waals surface area (Å²) in [7, 11) is 0. The smallest absolute Gasteiger partial charge is 0.360 e. The number of carbonyl (C=O) groups is 1. The molecule has 0 aliphatic carbocycles. The van der Waals surface area contributed by atoms with Gasteiger partial charge in [0, 0.05) is 6.20 Å². The van der Waals surface area contributed by atoms with E-state index in [1.165, 1.54) is 6.20 Å². The predicted molar refractivity (Wildman–Crippen MR) is 47.1 cm³/mol. The van der Waals surface area contributed by atoms with Gasteiger partial charge in [-0.15, -0.1) is 0 Å². The van der Waals surface area contributed by atoms with Crippen molar-refractivity contribution in [1.82, 2.24) is 15.0 Å². The quantitative estimate of drug-likeness (QED) is 0.662. The van der Waals surface area contributed by atoms with E-state index in [0.29, 0.717) is 5.52 Å². The topological polar surface area (TPSA) is 95.9 Å². The third-order valence-electron chi connectivity index (χ3n) is 1.67. The maximum absolute atomic E-state index is 11.1. The Balaban J connectivity index is 2.84. The second-order valence-electron chi connectivity index (χ2n) is 2.59. The van der Waals surface area contributed by atoms with Crippen LogP contribution in [0.4, 0.5) is 0 Å². The second kappa shape index (κ2) is 2.91. The highest BCUT2D eigenvalue weighted by atomic mass is 16.4. The second-order valence-corrected chi connectivity index (χ2v) is 2.59. The lowest BCUT2D eigenvalue weighted by molar-refractivity contribution is 0.0689. The van der Waals surface area contributed by atoms with Crippen molar-refractivity contribution in [3.63, 3.8) is 0 Å². The number of rotatable bonds is 1. The maximum Gasteiger partial charge on any atom is 0.360 e. The van der Waals surface area contributed by atoms with Gasteiger partial charge < -0.3 is 10.1 Å². The molecule has 0 bridgehead atoms. The number of hydrogen-bond donors (Lipinski definition) is 2. The van der Waals surface area contributed by atoms with Crippen molar-refractivity contribution in [3.05, 3.63) is 34.4 Å². The first kappa shape index (κ1) is 8.36. The fourth-order valence-corrected chi connectivity index (χ4v) is 1.07. The monoisotopic (exact) mass is 191 g/mol. The number of fused-ring (bicyclic) bond motifs is 1. The van der Waals surface area contributed by atoms with Gasteiger partial charge in [0.05, 0.1) is 5.52 Å². The summed E-state index contributed by atoms with van der Waals surface area (Å²) in [5.74, 6) is -1.36. The van der Waals surface area contributed by atoms with Gasteiger partial charge in [-0.2, -0.15) is 0 Å². The van der Waals surface area contributed by atoms with E-state index in [-0.39, 0.29) is 5.65 Å². The number of carboxylic acid groups (broad SMARTS) is 1. The number of aromatic amines is 1. The Morgan fingerprint density at radius 2 is 2.29 bits per heavy atom. The van der Waals surface area contributed by atoms with Crippen LogP contribution in [0.1, 0.15) is 10.5 Å². The average molecular weight is 191 g/mol. The molecule has 70 valence electrons. The highest BCUT2D eigenvalue weighted by molar-refractivity contribution is 5.86. The molecule has 2 N–H and O–H groups in total. The van der Waals surface area contributed by atoms with Crippen LogP contribution < -0.4 is 5.56 Å². The molecule has 0 unspecified atom stereocenters. The van der Waals surface area contributed by atoms with Crippen LogP contribution in [0.2, 0.25) is 0 Å². The number of hydrogen-bond acceptors (Lipinski definition) is 4. The van der Waals surface area contributed by atoms with E-state index in [0.717, 1.165) is 0 Å². The largest absolute Gasteiger partial charge is 0.476 e. The third-order valence-corrected chi connectivity index (χ3v) is 1.67. The molecule has 2 heterocycles. The molecule has 2 aromatic rings. The molecule has 14 heavy (non-hydrogen) atoms. The lowest BCUT2D eigenvalue weighted by Crippen LogP contribution is -2.20. The first-order valence-electron chi connectivity index (χ1n) is 3.77. The lowest BCUT2D eigenvalue weighted by atomic mass is 10.4. The van der Waals surface area contributed by atoms with Gasteiger partial charge in [-0.05, 0) is 12.1 Å². The zero-order valence-electron chi connectivity index (χ0n) is 6.89. The molecule has 6 heteroatoms. The summed E-state index contributed by atoms with van der Waals surface area (Å²) in [5.41, 5.74) is -0.638. The minimum atomic E-state index is -1.36. The molecule has 0 saturated heterocycles. The summed E-state index contributed by atoms with van der Waals surface area (Å²) >= 11 is 0. The first-order valence-corrected chi connectivity index (χ1v) is 3.77. The van der Waals surface area contributed by atoms with Crippen molar-refractivity contribution in [2.75, 3.05) is 0 Å². The third kappa shape index (κ3) is 1.22. The molecule has 0 aromatic carbocycles. The highest BCUT2D eigenvalue weighted by Crippen LogP contribution is 2.01. The van der Waals surface area contributed by atoms with Crippen molar-refractivity contribution < 1.29 is 9.90 Å². The van der Waals surface area contributed by atoms with Crippen LogP contribution in [0.25, 0.3) is 11.2 Å². The van der Waals surface area contributed by atoms with E-state index < -0.39 is 17.2 Å². The molecular weight excluding hydrogens is 186 g/mol. The number of nitrogens with zero attached hydrogens (tertiary/aromatic N) is 2. The van der Waals surface area contributed by atoms with Crippen LogP contribution in [0.3, 0.4) is 0 Å². The molecule has 0 atom stereocenters. The Bertz CT molecular complexity index is 561. The SMILES string of the molecule is O=C(O)c1nc2ncccc2[nH]c1=O. The Morgan fingerprint density at radius 1 is 1.50 bits per heavy atom. The van der Waals surface area contributed by atoms with Crippen LogP contribution in [0.5, 0.6) is 0 Å². The standard InChI is InChI=1S/C8H5N3O3/c12-7-5(8(13)14)11-6-4(10-7)2-1-3-9-6/h1-3H,(H,10,12)(H,13,14). The van der Waals surface area contributed by atoms with Crippen LogP contribution in [0, 0.1) is 0 Å². The first-order chi connectivity index (χ1) is 6.68. The lowest BCUT2D eigenvalue weighted by Gasteiger charge is -1.96. The van der Waals surface area contributed by atoms with Crippen molar-refractivity contribution in [1.29, 1.82) is 0 Å². The number of aromatic carboxylic acids is 1. The highest BCUT2D eigenvalue weighted by Gasteiger charge is 2.11. The molecule has 0 fully saturated rings. The minimum Gasteiger partial charge on any atom is -0.476 e. The van der Waals surface area contributed by atoms with Crippen LogP contribution in [0.15, 0.2) is 23.1 Å². The summed E-state index contributed by atoms with van der Waals surface area (Å²) in [6, 6.07) is 3.22. The van der Waals surface area contributed by atoms with Gasteiger partial charge in [0.2, 0.25) is 5.69 Å². The molecule has 2 aromatic heterocycles. The summed E-state index contributed by atoms with van der Waals surface area (Å²) in [5, 5.41) is 8.61. The summed E-state index contributed by atoms with van der Waals surface area (Å²) in [4.78, 5) is 31.5. The van der Waals surface area contributed by atoms with E-state index in [1.807, 2.05) is 0 Å². The van der Waals surface area contributed by atoms with Crippen molar-refractivity contribution in [2.45, 2.75) is 0 Å². The van der Waals surface area contributed by atoms with Crippen molar-refractivity contribution in [3.8, 4) is 0 Å². The van der Waals surface area contributed by atoms with Crippen LogP contribution >= 0.6 is 0 Å². The molecule has 0 spiro atoms. The van der Waals surface area contributed by atoms with Gasteiger partial charge in [0.1, 0.15) is 0 Å². The molecule has 0 radical (unpaired) electrons. The normalized spacial score (nSPS) is 10.3. The van der Waals surface area contributed by atoms with Crippen LogP contribution in [-0.4, -0.2) is 26.0 Å². The molecule has 6 nitrogen and oxygen atoms in total. The summed E-state index contributed by atoms with van der Waals surface area (Å²) in [6.07, 6.45) is 1.47. The number of H-pyrrole nitrogens is 1. The number of pyridine rings is 1. The Kier molecular flexibility index (Phi) is 1.74. The van der Waals surface area contributed by atoms with E-state index in [4.69, 9.17) is 5.11 Å². The van der Waals surface area contributed by atoms with Crippen LogP contribution in [-0.2, 0) is 0 Å². The van der Waals surface area contributed by atoms with E-state index in [1.54, 1.807) is 12.1 Å². The Morgan fingerprint density at radius 3 is 3.00 bits per heavy atom. The number of carboxylic acids is 1. The van der Waals surface area contributed by atoms with E-state index in [2.05, 4.69) is 15.0 Å². The van der Waals surface area contributed by atoms with Crippen molar-refractivity contribution in [2.24, 2.45) is 0 Å². The molecule has 0 aliphatic heterocycles. The fraction of sp³-hybridized carbons (Fsp3) is 0. The van der Waals surface area contributed by atoms with E-state index >= 15 is 0 Å². The zero-order valence-corrected chi connectivity index (χ0v) is 6.89. The number of nitrogens with one attached hydrogen (secondary N) is 1. The average Bonchev–Trinajstić information content (AvgIpc) is 2.16. The van der Waals surface area contributed by atoms with Gasteiger partial charge in [-0.25, -0.2) is 14.8 Å². The predicted octanol–water partition coefficient (Wildman–Crippen LogP) is 0.0163. The fourth-order valence-electron chi connectivity index (χ4n) is 1.07. The number of aromatic nitrogens is 3. The van der Waals surface area contributed by atoms with Gasteiger partial charge in [-0.1, -0.05) is 0 Å². The molecule has 0 saturated carbocycles. The van der Waals surface area contributed by atoms with Gasteiger partial charge in [0.25, 0.3) is 5.56 Å². The minimum absolute atomic E-state index is 0.213. The maximum atomic E-state index is 11.1. The molecular formula is C8H5N3O3. The van der Waals surface area contributed by atoms with Gasteiger partial charge >= 0.3 is 5.97 Å². The summed E-state index contributed by atoms with van der Waals surface area (Å²) in [6.45, 7) is 0. The van der Waals surface area contributed by atoms with E-state index in [9.17, 15) is 9.59 Å². The summed E-state index contributed by atoms with van der Waals surface area (Å²) < 4.78 is 0. The zero-order chi connectivity index (χ0) is 10.1. The van der Waals surface area contributed by atoms with Gasteiger partial charge in [-0.3, -0.25) is 4.79 Å². The van der Waals surface area contributed by atoms with Gasteiger partial charge in [0.15, 0.2) is 5.65 Å². The molecule has 0 amide bonds.